The average Bonchev–Trinajstić information content (AvgIpc) is 2.43. The van der Waals surface area contributed by atoms with Crippen molar-refractivity contribution in [2.75, 3.05) is 17.7 Å². The third kappa shape index (κ3) is 2.88. The lowest BCUT2D eigenvalue weighted by molar-refractivity contribution is 0.102. The van der Waals surface area contributed by atoms with Gasteiger partial charge in [0.1, 0.15) is 0 Å². The molecule has 0 fully saturated rings. The van der Waals surface area contributed by atoms with Crippen LogP contribution in [0.2, 0.25) is 5.02 Å². The Kier molecular flexibility index (Phi) is 4.07. The molecular formula is C15H15ClN2O. The Morgan fingerprint density at radius 3 is 2.47 bits per heavy atom. The number of benzene rings is 2. The Morgan fingerprint density at radius 2 is 1.74 bits per heavy atom. The first-order valence-electron chi connectivity index (χ1n) is 5.96. The molecule has 0 aromatic heterocycles. The molecule has 1 amide bonds. The minimum Gasteiger partial charge on any atom is -0.387 e. The molecule has 4 heteroatoms. The zero-order valence-electron chi connectivity index (χ0n) is 10.8. The van der Waals surface area contributed by atoms with Gasteiger partial charge < -0.3 is 10.6 Å². The van der Waals surface area contributed by atoms with Gasteiger partial charge in [-0.2, -0.15) is 0 Å². The molecule has 0 saturated carbocycles. The van der Waals surface area contributed by atoms with Crippen molar-refractivity contribution >= 4 is 28.9 Å². The Labute approximate surface area is 117 Å². The smallest absolute Gasteiger partial charge is 0.257 e. The molecule has 3 nitrogen and oxygen atoms in total. The second-order valence-corrected chi connectivity index (χ2v) is 4.57. The van der Waals surface area contributed by atoms with Crippen LogP contribution >= 0.6 is 11.6 Å². The molecule has 0 aliphatic rings. The SMILES string of the molecule is CNc1ccccc1C(=O)Nc1cccc(Cl)c1C. The summed E-state index contributed by atoms with van der Waals surface area (Å²) in [5.74, 6) is -0.157. The average molecular weight is 275 g/mol. The van der Waals surface area contributed by atoms with Crippen LogP contribution in [0, 0.1) is 6.92 Å². The predicted octanol–water partition coefficient (Wildman–Crippen LogP) is 3.94. The number of rotatable bonds is 3. The minimum absolute atomic E-state index is 0.157. The largest absolute Gasteiger partial charge is 0.387 e. The number of carbonyl (C=O) groups is 1. The zero-order chi connectivity index (χ0) is 13.8. The molecule has 2 rings (SSSR count). The van der Waals surface area contributed by atoms with E-state index in [4.69, 9.17) is 11.6 Å². The Balaban J connectivity index is 2.28. The maximum Gasteiger partial charge on any atom is 0.257 e. The Morgan fingerprint density at radius 1 is 1.05 bits per heavy atom. The van der Waals surface area contributed by atoms with Crippen LogP contribution in [-0.4, -0.2) is 13.0 Å². The van der Waals surface area contributed by atoms with Gasteiger partial charge in [0.2, 0.25) is 0 Å². The molecule has 0 saturated heterocycles. The number of anilines is 2. The second-order valence-electron chi connectivity index (χ2n) is 4.16. The monoisotopic (exact) mass is 274 g/mol. The highest BCUT2D eigenvalue weighted by molar-refractivity contribution is 6.31. The number of carbonyl (C=O) groups excluding carboxylic acids is 1. The first-order valence-corrected chi connectivity index (χ1v) is 6.34. The number of amides is 1. The summed E-state index contributed by atoms with van der Waals surface area (Å²) in [6, 6.07) is 12.8. The van der Waals surface area contributed by atoms with Crippen molar-refractivity contribution in [1.82, 2.24) is 0 Å². The van der Waals surface area contributed by atoms with Gasteiger partial charge in [0.05, 0.1) is 5.56 Å². The summed E-state index contributed by atoms with van der Waals surface area (Å²) < 4.78 is 0. The first kappa shape index (κ1) is 13.4. The van der Waals surface area contributed by atoms with Crippen molar-refractivity contribution < 1.29 is 4.79 Å². The van der Waals surface area contributed by atoms with E-state index in [1.54, 1.807) is 19.2 Å². The summed E-state index contributed by atoms with van der Waals surface area (Å²) in [4.78, 5) is 12.3. The quantitative estimate of drug-likeness (QED) is 0.890. The van der Waals surface area contributed by atoms with Gasteiger partial charge in [0.15, 0.2) is 0 Å². The predicted molar refractivity (Wildman–Crippen MR) is 80.1 cm³/mol. The summed E-state index contributed by atoms with van der Waals surface area (Å²) in [5, 5.41) is 6.52. The molecule has 0 spiro atoms. The van der Waals surface area contributed by atoms with E-state index in [0.717, 1.165) is 16.9 Å². The van der Waals surface area contributed by atoms with Crippen LogP contribution in [-0.2, 0) is 0 Å². The molecule has 0 aliphatic heterocycles. The second kappa shape index (κ2) is 5.76. The highest BCUT2D eigenvalue weighted by Crippen LogP contribution is 2.24. The number of para-hydroxylation sites is 1. The number of halogens is 1. The summed E-state index contributed by atoms with van der Waals surface area (Å²) in [6.07, 6.45) is 0. The highest BCUT2D eigenvalue weighted by atomic mass is 35.5. The van der Waals surface area contributed by atoms with Gasteiger partial charge in [-0.15, -0.1) is 0 Å². The van der Waals surface area contributed by atoms with Gasteiger partial charge >= 0.3 is 0 Å². The van der Waals surface area contributed by atoms with Crippen LogP contribution < -0.4 is 10.6 Å². The minimum atomic E-state index is -0.157. The number of hydrogen-bond donors (Lipinski definition) is 2. The highest BCUT2D eigenvalue weighted by Gasteiger charge is 2.11. The van der Waals surface area contributed by atoms with Crippen molar-refractivity contribution in [3.8, 4) is 0 Å². The van der Waals surface area contributed by atoms with Crippen molar-refractivity contribution in [2.45, 2.75) is 6.92 Å². The molecule has 0 heterocycles. The van der Waals surface area contributed by atoms with Crippen molar-refractivity contribution in [2.24, 2.45) is 0 Å². The van der Waals surface area contributed by atoms with Crippen LogP contribution in [0.1, 0.15) is 15.9 Å². The lowest BCUT2D eigenvalue weighted by atomic mass is 10.1. The molecule has 0 atom stereocenters. The van der Waals surface area contributed by atoms with Crippen LogP contribution in [0.3, 0.4) is 0 Å². The lowest BCUT2D eigenvalue weighted by Crippen LogP contribution is -2.14. The van der Waals surface area contributed by atoms with Crippen molar-refractivity contribution in [1.29, 1.82) is 0 Å². The van der Waals surface area contributed by atoms with E-state index in [2.05, 4.69) is 10.6 Å². The fraction of sp³-hybridized carbons (Fsp3) is 0.133. The van der Waals surface area contributed by atoms with Crippen LogP contribution in [0.4, 0.5) is 11.4 Å². The van der Waals surface area contributed by atoms with E-state index in [9.17, 15) is 4.79 Å². The molecule has 0 bridgehead atoms. The van der Waals surface area contributed by atoms with Crippen LogP contribution in [0.25, 0.3) is 0 Å². The van der Waals surface area contributed by atoms with Gasteiger partial charge in [-0.25, -0.2) is 0 Å². The maximum absolute atomic E-state index is 12.3. The van der Waals surface area contributed by atoms with Gasteiger partial charge in [-0.05, 0) is 36.8 Å². The topological polar surface area (TPSA) is 41.1 Å². The summed E-state index contributed by atoms with van der Waals surface area (Å²) in [6.45, 7) is 1.88. The van der Waals surface area contributed by atoms with E-state index in [1.807, 2.05) is 37.3 Å². The maximum atomic E-state index is 12.3. The molecule has 0 aliphatic carbocycles. The summed E-state index contributed by atoms with van der Waals surface area (Å²) >= 11 is 6.04. The lowest BCUT2D eigenvalue weighted by Gasteiger charge is -2.12. The molecule has 98 valence electrons. The third-order valence-electron chi connectivity index (χ3n) is 2.96. The zero-order valence-corrected chi connectivity index (χ0v) is 11.6. The van der Waals surface area contributed by atoms with E-state index in [0.29, 0.717) is 10.6 Å². The molecule has 2 aromatic carbocycles. The molecular weight excluding hydrogens is 260 g/mol. The number of nitrogens with one attached hydrogen (secondary N) is 2. The first-order chi connectivity index (χ1) is 9.13. The number of hydrogen-bond acceptors (Lipinski definition) is 2. The van der Waals surface area contributed by atoms with E-state index < -0.39 is 0 Å². The molecule has 0 unspecified atom stereocenters. The summed E-state index contributed by atoms with van der Waals surface area (Å²) in [5.41, 5.74) is 2.98. The van der Waals surface area contributed by atoms with Crippen molar-refractivity contribution in [3.63, 3.8) is 0 Å². The van der Waals surface area contributed by atoms with Crippen molar-refractivity contribution in [3.05, 3.63) is 58.6 Å². The Hall–Kier alpha value is -2.00. The van der Waals surface area contributed by atoms with Gasteiger partial charge in [0, 0.05) is 23.4 Å². The Bertz CT molecular complexity index is 611. The van der Waals surface area contributed by atoms with Gasteiger partial charge in [-0.3, -0.25) is 4.79 Å². The van der Waals surface area contributed by atoms with E-state index >= 15 is 0 Å². The van der Waals surface area contributed by atoms with E-state index in [-0.39, 0.29) is 5.91 Å². The summed E-state index contributed by atoms with van der Waals surface area (Å²) in [7, 11) is 1.79. The standard InChI is InChI=1S/C15H15ClN2O/c1-10-12(16)7-5-9-13(10)18-15(19)11-6-3-4-8-14(11)17-2/h3-9,17H,1-2H3,(H,18,19). The third-order valence-corrected chi connectivity index (χ3v) is 3.37. The van der Waals surface area contributed by atoms with E-state index in [1.165, 1.54) is 0 Å². The van der Waals surface area contributed by atoms with Gasteiger partial charge in [0.25, 0.3) is 5.91 Å². The molecule has 2 N–H and O–H groups in total. The fourth-order valence-electron chi connectivity index (χ4n) is 1.83. The molecule has 2 aromatic rings. The molecule has 19 heavy (non-hydrogen) atoms. The van der Waals surface area contributed by atoms with Crippen LogP contribution in [0.15, 0.2) is 42.5 Å². The fourth-order valence-corrected chi connectivity index (χ4v) is 2.01. The molecule has 0 radical (unpaired) electrons. The van der Waals surface area contributed by atoms with Gasteiger partial charge in [-0.1, -0.05) is 29.8 Å². The normalized spacial score (nSPS) is 10.1. The van der Waals surface area contributed by atoms with Crippen LogP contribution in [0.5, 0.6) is 0 Å².